The molecule has 0 unspecified atom stereocenters. The Kier molecular flexibility index (Phi) is 3.06. The van der Waals surface area contributed by atoms with E-state index < -0.39 is 10.8 Å². The standard InChI is InChI=1S/C9H6N4O3S/c14-8(11-9-12-10-5-17-9)6-3-1-2-4-7(6)13(15)16/h1-5H,(H,11,12,14). The molecule has 0 aliphatic carbocycles. The van der Waals surface area contributed by atoms with Gasteiger partial charge in [-0.25, -0.2) is 0 Å². The number of anilines is 1. The second-order valence-corrected chi connectivity index (χ2v) is 3.81. The Morgan fingerprint density at radius 1 is 1.41 bits per heavy atom. The van der Waals surface area contributed by atoms with Crippen molar-refractivity contribution in [3.8, 4) is 0 Å². The zero-order valence-corrected chi connectivity index (χ0v) is 9.18. The Hall–Kier alpha value is -2.35. The van der Waals surface area contributed by atoms with E-state index in [1.165, 1.54) is 23.7 Å². The smallest absolute Gasteiger partial charge is 0.282 e. The van der Waals surface area contributed by atoms with Crippen LogP contribution in [0.4, 0.5) is 10.8 Å². The van der Waals surface area contributed by atoms with Crippen molar-refractivity contribution in [3.05, 3.63) is 45.5 Å². The fourth-order valence-electron chi connectivity index (χ4n) is 1.22. The number of para-hydroxylation sites is 1. The maximum atomic E-state index is 11.8. The predicted molar refractivity (Wildman–Crippen MR) is 61.0 cm³/mol. The van der Waals surface area contributed by atoms with Gasteiger partial charge in [-0.2, -0.15) is 0 Å². The Morgan fingerprint density at radius 3 is 2.82 bits per heavy atom. The van der Waals surface area contributed by atoms with Gasteiger partial charge in [-0.1, -0.05) is 23.5 Å². The highest BCUT2D eigenvalue weighted by Gasteiger charge is 2.19. The predicted octanol–water partition coefficient (Wildman–Crippen LogP) is 1.70. The third-order valence-electron chi connectivity index (χ3n) is 1.93. The van der Waals surface area contributed by atoms with E-state index in [1.807, 2.05) is 0 Å². The van der Waals surface area contributed by atoms with Crippen molar-refractivity contribution in [1.82, 2.24) is 10.2 Å². The molecule has 0 saturated heterocycles. The molecule has 8 heteroatoms. The number of carbonyl (C=O) groups excluding carboxylic acids is 1. The van der Waals surface area contributed by atoms with Crippen LogP contribution in [0, 0.1) is 10.1 Å². The summed E-state index contributed by atoms with van der Waals surface area (Å²) in [6.45, 7) is 0. The number of hydrogen-bond donors (Lipinski definition) is 1. The summed E-state index contributed by atoms with van der Waals surface area (Å²) in [5, 5.41) is 20.6. The number of aromatic nitrogens is 2. The van der Waals surface area contributed by atoms with Crippen molar-refractivity contribution >= 4 is 28.1 Å². The summed E-state index contributed by atoms with van der Waals surface area (Å²) in [7, 11) is 0. The minimum Gasteiger partial charge on any atom is -0.296 e. The minimum absolute atomic E-state index is 0.00676. The van der Waals surface area contributed by atoms with E-state index in [2.05, 4.69) is 15.5 Å². The van der Waals surface area contributed by atoms with Gasteiger partial charge in [0, 0.05) is 6.07 Å². The van der Waals surface area contributed by atoms with Crippen LogP contribution in [0.15, 0.2) is 29.8 Å². The van der Waals surface area contributed by atoms with Crippen molar-refractivity contribution in [2.75, 3.05) is 5.32 Å². The summed E-state index contributed by atoms with van der Waals surface area (Å²) in [5.74, 6) is -0.575. The van der Waals surface area contributed by atoms with Gasteiger partial charge >= 0.3 is 0 Å². The van der Waals surface area contributed by atoms with Crippen molar-refractivity contribution in [2.45, 2.75) is 0 Å². The van der Waals surface area contributed by atoms with Gasteiger partial charge in [0.15, 0.2) is 0 Å². The van der Waals surface area contributed by atoms with Gasteiger partial charge in [0.05, 0.1) is 4.92 Å². The number of nitro benzene ring substituents is 1. The van der Waals surface area contributed by atoms with Gasteiger partial charge in [-0.15, -0.1) is 10.2 Å². The molecule has 1 amide bonds. The molecule has 86 valence electrons. The summed E-state index contributed by atoms with van der Waals surface area (Å²) >= 11 is 1.14. The maximum Gasteiger partial charge on any atom is 0.282 e. The SMILES string of the molecule is O=C(Nc1nncs1)c1ccccc1[N+](=O)[O-]. The van der Waals surface area contributed by atoms with Crippen molar-refractivity contribution in [1.29, 1.82) is 0 Å². The van der Waals surface area contributed by atoms with Crippen LogP contribution in [0.1, 0.15) is 10.4 Å². The Morgan fingerprint density at radius 2 is 2.18 bits per heavy atom. The number of nitro groups is 1. The lowest BCUT2D eigenvalue weighted by molar-refractivity contribution is -0.385. The van der Waals surface area contributed by atoms with Crippen LogP contribution in [0.2, 0.25) is 0 Å². The lowest BCUT2D eigenvalue weighted by Gasteiger charge is -2.01. The van der Waals surface area contributed by atoms with Gasteiger partial charge in [-0.3, -0.25) is 20.2 Å². The summed E-state index contributed by atoms with van der Waals surface area (Å²) in [4.78, 5) is 21.9. The largest absolute Gasteiger partial charge is 0.296 e. The van der Waals surface area contributed by atoms with E-state index in [0.717, 1.165) is 11.3 Å². The molecule has 1 aromatic heterocycles. The summed E-state index contributed by atoms with van der Waals surface area (Å²) in [6.07, 6.45) is 0. The Balaban J connectivity index is 2.28. The minimum atomic E-state index is -0.602. The number of rotatable bonds is 3. The molecular formula is C9H6N4O3S. The first-order chi connectivity index (χ1) is 8.18. The number of hydrogen-bond acceptors (Lipinski definition) is 6. The lowest BCUT2D eigenvalue weighted by atomic mass is 10.1. The molecule has 0 atom stereocenters. The monoisotopic (exact) mass is 250 g/mol. The lowest BCUT2D eigenvalue weighted by Crippen LogP contribution is -2.13. The highest BCUT2D eigenvalue weighted by Crippen LogP contribution is 2.19. The topological polar surface area (TPSA) is 98.0 Å². The highest BCUT2D eigenvalue weighted by atomic mass is 32.1. The van der Waals surface area contributed by atoms with Crippen LogP contribution in [0.3, 0.4) is 0 Å². The zero-order chi connectivity index (χ0) is 12.3. The molecule has 1 N–H and O–H groups in total. The molecule has 7 nitrogen and oxygen atoms in total. The molecule has 0 aliphatic rings. The highest BCUT2D eigenvalue weighted by molar-refractivity contribution is 7.13. The maximum absolute atomic E-state index is 11.8. The van der Waals surface area contributed by atoms with E-state index in [-0.39, 0.29) is 11.3 Å². The van der Waals surface area contributed by atoms with E-state index in [0.29, 0.717) is 5.13 Å². The average molecular weight is 250 g/mol. The molecule has 0 bridgehead atoms. The molecular weight excluding hydrogens is 244 g/mol. The Bertz CT molecular complexity index is 555. The molecule has 0 fully saturated rings. The zero-order valence-electron chi connectivity index (χ0n) is 8.36. The fraction of sp³-hybridized carbons (Fsp3) is 0. The second kappa shape index (κ2) is 4.66. The first-order valence-corrected chi connectivity index (χ1v) is 5.37. The first kappa shape index (κ1) is 11.1. The van der Waals surface area contributed by atoms with E-state index in [4.69, 9.17) is 0 Å². The van der Waals surface area contributed by atoms with Crippen LogP contribution in [-0.4, -0.2) is 21.0 Å². The van der Waals surface area contributed by atoms with Crippen LogP contribution in [0.5, 0.6) is 0 Å². The number of carbonyl (C=O) groups is 1. The van der Waals surface area contributed by atoms with E-state index >= 15 is 0 Å². The Labute approximate surface area is 99.3 Å². The third-order valence-corrected chi connectivity index (χ3v) is 2.53. The van der Waals surface area contributed by atoms with Crippen LogP contribution >= 0.6 is 11.3 Å². The molecule has 0 aliphatic heterocycles. The van der Waals surface area contributed by atoms with E-state index in [9.17, 15) is 14.9 Å². The molecule has 17 heavy (non-hydrogen) atoms. The molecule has 2 rings (SSSR count). The number of amides is 1. The molecule has 0 saturated carbocycles. The molecule has 1 heterocycles. The van der Waals surface area contributed by atoms with E-state index in [1.54, 1.807) is 6.07 Å². The molecule has 0 radical (unpaired) electrons. The second-order valence-electron chi connectivity index (χ2n) is 2.97. The number of nitrogens with one attached hydrogen (secondary N) is 1. The van der Waals surface area contributed by atoms with Crippen molar-refractivity contribution in [2.24, 2.45) is 0 Å². The first-order valence-electron chi connectivity index (χ1n) is 4.49. The van der Waals surface area contributed by atoms with Gasteiger partial charge in [0.1, 0.15) is 11.1 Å². The quantitative estimate of drug-likeness (QED) is 0.660. The average Bonchev–Trinajstić information content (AvgIpc) is 2.81. The molecule has 2 aromatic rings. The molecule has 1 aromatic carbocycles. The summed E-state index contributed by atoms with van der Waals surface area (Å²) < 4.78 is 0. The van der Waals surface area contributed by atoms with Crippen LogP contribution in [0.25, 0.3) is 0 Å². The van der Waals surface area contributed by atoms with Crippen LogP contribution in [-0.2, 0) is 0 Å². The summed E-state index contributed by atoms with van der Waals surface area (Å²) in [5.41, 5.74) is 1.21. The van der Waals surface area contributed by atoms with Crippen molar-refractivity contribution < 1.29 is 9.72 Å². The fourth-order valence-corrected chi connectivity index (χ4v) is 1.66. The third kappa shape index (κ3) is 2.42. The van der Waals surface area contributed by atoms with Gasteiger partial charge in [-0.05, 0) is 6.07 Å². The van der Waals surface area contributed by atoms with Gasteiger partial charge in [0.2, 0.25) is 5.13 Å². The number of nitrogens with zero attached hydrogens (tertiary/aromatic N) is 3. The molecule has 0 spiro atoms. The number of benzene rings is 1. The van der Waals surface area contributed by atoms with Gasteiger partial charge in [0.25, 0.3) is 11.6 Å². The van der Waals surface area contributed by atoms with Crippen LogP contribution < -0.4 is 5.32 Å². The van der Waals surface area contributed by atoms with Crippen molar-refractivity contribution in [3.63, 3.8) is 0 Å². The normalized spacial score (nSPS) is 9.88. The summed E-state index contributed by atoms with van der Waals surface area (Å²) in [6, 6.07) is 5.71. The van der Waals surface area contributed by atoms with Gasteiger partial charge < -0.3 is 0 Å².